The summed E-state index contributed by atoms with van der Waals surface area (Å²) in [5.74, 6) is 0. The maximum absolute atomic E-state index is 13.5. The van der Waals surface area contributed by atoms with E-state index in [0.29, 0.717) is 0 Å². The molecule has 0 spiro atoms. The highest BCUT2D eigenvalue weighted by molar-refractivity contribution is 5.80. The van der Waals surface area contributed by atoms with E-state index in [0.717, 1.165) is 31.2 Å². The van der Waals surface area contributed by atoms with E-state index in [1.54, 1.807) is 0 Å². The molecular formula is C15H10F6N2. The summed E-state index contributed by atoms with van der Waals surface area (Å²) in [5, 5.41) is 17.8. The zero-order chi connectivity index (χ0) is 17.9. The Morgan fingerprint density at radius 1 is 0.913 bits per heavy atom. The highest BCUT2D eigenvalue weighted by Gasteiger charge is 2.72. The fourth-order valence-corrected chi connectivity index (χ4v) is 2.37. The molecule has 0 fully saturated rings. The van der Waals surface area contributed by atoms with E-state index < -0.39 is 40.9 Å². The number of hydrogen-bond donors (Lipinski definition) is 0. The van der Waals surface area contributed by atoms with Gasteiger partial charge in [0.25, 0.3) is 0 Å². The molecule has 0 radical (unpaired) electrons. The third kappa shape index (κ3) is 3.02. The third-order valence-electron chi connectivity index (χ3n) is 3.46. The predicted molar refractivity (Wildman–Crippen MR) is 69.4 cm³/mol. The van der Waals surface area contributed by atoms with Crippen molar-refractivity contribution < 1.29 is 26.3 Å². The van der Waals surface area contributed by atoms with Crippen molar-refractivity contribution in [3.8, 4) is 12.1 Å². The summed E-state index contributed by atoms with van der Waals surface area (Å²) in [6.07, 6.45) is -12.9. The van der Waals surface area contributed by atoms with Crippen molar-refractivity contribution in [2.75, 3.05) is 0 Å². The molecule has 0 unspecified atom stereocenters. The number of rotatable bonds is 3. The number of nitriles is 2. The molecule has 0 aliphatic heterocycles. The molecule has 8 heteroatoms. The van der Waals surface area contributed by atoms with Gasteiger partial charge < -0.3 is 0 Å². The molecule has 0 bridgehead atoms. The average Bonchev–Trinajstić information content (AvgIpc) is 2.46. The van der Waals surface area contributed by atoms with Crippen LogP contribution in [-0.2, 0) is 0 Å². The van der Waals surface area contributed by atoms with Gasteiger partial charge in [-0.3, -0.25) is 0 Å². The van der Waals surface area contributed by atoms with Crippen molar-refractivity contribution in [1.29, 1.82) is 10.5 Å². The highest BCUT2D eigenvalue weighted by atomic mass is 19.4. The molecule has 0 aliphatic carbocycles. The molecule has 0 N–H and O–H groups in total. The lowest BCUT2D eigenvalue weighted by Gasteiger charge is -2.38. The van der Waals surface area contributed by atoms with E-state index in [4.69, 9.17) is 10.5 Å². The Balaban J connectivity index is 4.01. The van der Waals surface area contributed by atoms with Gasteiger partial charge in [-0.1, -0.05) is 37.3 Å². The van der Waals surface area contributed by atoms with Crippen LogP contribution in [0.5, 0.6) is 0 Å². The lowest BCUT2D eigenvalue weighted by Crippen LogP contribution is -2.50. The van der Waals surface area contributed by atoms with E-state index in [9.17, 15) is 26.3 Å². The fraction of sp³-hybridized carbons (Fsp3) is 0.333. The van der Waals surface area contributed by atoms with Crippen LogP contribution in [0, 0.1) is 28.1 Å². The molecule has 0 heterocycles. The van der Waals surface area contributed by atoms with Crippen LogP contribution in [0.15, 0.2) is 35.9 Å². The van der Waals surface area contributed by atoms with Gasteiger partial charge in [-0.05, 0) is 12.0 Å². The summed E-state index contributed by atoms with van der Waals surface area (Å²) in [6.45, 7) is 0.719. The van der Waals surface area contributed by atoms with Crippen molar-refractivity contribution in [3.05, 3.63) is 41.5 Å². The van der Waals surface area contributed by atoms with Crippen LogP contribution in [0.25, 0.3) is 5.57 Å². The summed E-state index contributed by atoms with van der Waals surface area (Å²) in [4.78, 5) is 0. The number of nitrogens with zero attached hydrogens (tertiary/aromatic N) is 2. The largest absolute Gasteiger partial charge is 0.407 e. The smallest absolute Gasteiger partial charge is 0.192 e. The Kier molecular flexibility index (Phi) is 5.11. The SMILES string of the molecule is CCC(C(=C(C#N)C#N)c1ccccc1)(C(F)(F)F)C(F)(F)F. The first-order valence-corrected chi connectivity index (χ1v) is 6.30. The zero-order valence-corrected chi connectivity index (χ0v) is 11.8. The normalized spacial score (nSPS) is 12.2. The molecule has 2 nitrogen and oxygen atoms in total. The standard InChI is InChI=1S/C15H10F6N2/c1-2-13(14(16,17)18,15(19,20)21)12(11(8-22)9-23)10-6-4-3-5-7-10/h3-7H,2H2,1H3. The number of benzene rings is 1. The summed E-state index contributed by atoms with van der Waals surface area (Å²) in [7, 11) is 0. The minimum Gasteiger partial charge on any atom is -0.192 e. The van der Waals surface area contributed by atoms with Crippen molar-refractivity contribution in [2.24, 2.45) is 5.41 Å². The number of halogens is 6. The van der Waals surface area contributed by atoms with E-state index in [2.05, 4.69) is 0 Å². The van der Waals surface area contributed by atoms with Crippen molar-refractivity contribution >= 4 is 5.57 Å². The van der Waals surface area contributed by atoms with Gasteiger partial charge in [-0.15, -0.1) is 0 Å². The summed E-state index contributed by atoms with van der Waals surface area (Å²) < 4.78 is 80.8. The zero-order valence-electron chi connectivity index (χ0n) is 11.8. The molecule has 1 rings (SSSR count). The number of hydrogen-bond acceptors (Lipinski definition) is 2. The van der Waals surface area contributed by atoms with Gasteiger partial charge in [0.1, 0.15) is 17.7 Å². The van der Waals surface area contributed by atoms with Gasteiger partial charge in [0.05, 0.1) is 0 Å². The number of allylic oxidation sites excluding steroid dienone is 2. The summed E-state index contributed by atoms with van der Waals surface area (Å²) >= 11 is 0. The first-order valence-electron chi connectivity index (χ1n) is 6.30. The van der Waals surface area contributed by atoms with Gasteiger partial charge in [0.2, 0.25) is 0 Å². The van der Waals surface area contributed by atoms with Gasteiger partial charge >= 0.3 is 12.4 Å². The van der Waals surface area contributed by atoms with Gasteiger partial charge in [0, 0.05) is 5.57 Å². The van der Waals surface area contributed by atoms with Crippen LogP contribution >= 0.6 is 0 Å². The Labute approximate surface area is 128 Å². The minimum atomic E-state index is -5.73. The Bertz CT molecular complexity index is 641. The van der Waals surface area contributed by atoms with Crippen LogP contribution < -0.4 is 0 Å². The molecule has 0 amide bonds. The molecule has 0 atom stereocenters. The van der Waals surface area contributed by atoms with Crippen molar-refractivity contribution in [3.63, 3.8) is 0 Å². The second kappa shape index (κ2) is 6.33. The fourth-order valence-electron chi connectivity index (χ4n) is 2.37. The van der Waals surface area contributed by atoms with Crippen LogP contribution in [0.1, 0.15) is 18.9 Å². The van der Waals surface area contributed by atoms with Crippen LogP contribution in [0.2, 0.25) is 0 Å². The van der Waals surface area contributed by atoms with E-state index in [-0.39, 0.29) is 0 Å². The minimum absolute atomic E-state index is 0.470. The molecule has 0 aromatic heterocycles. The molecule has 122 valence electrons. The predicted octanol–water partition coefficient (Wildman–Crippen LogP) is 5.01. The average molecular weight is 332 g/mol. The third-order valence-corrected chi connectivity index (χ3v) is 3.46. The Morgan fingerprint density at radius 3 is 1.65 bits per heavy atom. The Morgan fingerprint density at radius 2 is 1.35 bits per heavy atom. The molecule has 23 heavy (non-hydrogen) atoms. The molecule has 1 aromatic carbocycles. The van der Waals surface area contributed by atoms with Gasteiger partial charge in [0.15, 0.2) is 5.41 Å². The van der Waals surface area contributed by atoms with Crippen LogP contribution in [-0.4, -0.2) is 12.4 Å². The number of alkyl halides is 6. The summed E-state index contributed by atoms with van der Waals surface area (Å²) in [5.41, 5.74) is -7.36. The lowest BCUT2D eigenvalue weighted by molar-refractivity contribution is -0.317. The maximum atomic E-state index is 13.5. The summed E-state index contributed by atoms with van der Waals surface area (Å²) in [6, 6.07) is 8.18. The second-order valence-corrected chi connectivity index (χ2v) is 4.59. The molecule has 0 aliphatic rings. The van der Waals surface area contributed by atoms with Crippen molar-refractivity contribution in [2.45, 2.75) is 25.7 Å². The van der Waals surface area contributed by atoms with Crippen LogP contribution in [0.4, 0.5) is 26.3 Å². The molecular weight excluding hydrogens is 322 g/mol. The van der Waals surface area contributed by atoms with E-state index >= 15 is 0 Å². The van der Waals surface area contributed by atoms with E-state index in [1.807, 2.05) is 0 Å². The first-order chi connectivity index (χ1) is 10.6. The monoisotopic (exact) mass is 332 g/mol. The topological polar surface area (TPSA) is 47.6 Å². The first kappa shape index (κ1) is 18.6. The molecule has 1 aromatic rings. The molecule has 0 saturated carbocycles. The highest BCUT2D eigenvalue weighted by Crippen LogP contribution is 2.60. The lowest BCUT2D eigenvalue weighted by atomic mass is 9.71. The van der Waals surface area contributed by atoms with Gasteiger partial charge in [-0.25, -0.2) is 0 Å². The van der Waals surface area contributed by atoms with Crippen LogP contribution in [0.3, 0.4) is 0 Å². The van der Waals surface area contributed by atoms with Crippen molar-refractivity contribution in [1.82, 2.24) is 0 Å². The quantitative estimate of drug-likeness (QED) is 0.577. The van der Waals surface area contributed by atoms with Gasteiger partial charge in [-0.2, -0.15) is 36.9 Å². The second-order valence-electron chi connectivity index (χ2n) is 4.59. The van der Waals surface area contributed by atoms with E-state index in [1.165, 1.54) is 18.2 Å². The Hall–Kier alpha value is -2.48. The molecule has 0 saturated heterocycles. The maximum Gasteiger partial charge on any atom is 0.407 e.